The van der Waals surface area contributed by atoms with E-state index in [0.29, 0.717) is 0 Å². The van der Waals surface area contributed by atoms with Crippen molar-refractivity contribution in [3.63, 3.8) is 0 Å². The summed E-state index contributed by atoms with van der Waals surface area (Å²) < 4.78 is 7.59. The van der Waals surface area contributed by atoms with Crippen LogP contribution < -0.4 is 0 Å². The predicted octanol–water partition coefficient (Wildman–Crippen LogP) is 3.13. The molecule has 0 radical (unpaired) electrons. The highest BCUT2D eigenvalue weighted by Gasteiger charge is 2.32. The Morgan fingerprint density at radius 2 is 2.08 bits per heavy atom. The minimum absolute atomic E-state index is 0.116. The second-order valence-electron chi connectivity index (χ2n) is 7.23. The third-order valence-electron chi connectivity index (χ3n) is 4.04. The summed E-state index contributed by atoms with van der Waals surface area (Å²) in [6.45, 7) is 7.41. The number of hydrogen-bond acceptors (Lipinski definition) is 5. The van der Waals surface area contributed by atoms with Crippen LogP contribution in [0.2, 0.25) is 0 Å². The van der Waals surface area contributed by atoms with Crippen LogP contribution in [0, 0.1) is 0 Å². The summed E-state index contributed by atoms with van der Waals surface area (Å²) in [6.07, 6.45) is 5.48. The minimum Gasteiger partial charge on any atom is -0.459 e. The molecule has 1 atom stereocenters. The molecule has 2 aromatic rings. The summed E-state index contributed by atoms with van der Waals surface area (Å²) in [5.41, 5.74) is 1.83. The number of rotatable bonds is 4. The van der Waals surface area contributed by atoms with Crippen molar-refractivity contribution < 1.29 is 9.53 Å². The molecule has 0 spiro atoms. The van der Waals surface area contributed by atoms with Crippen LogP contribution in [0.15, 0.2) is 43.0 Å². The van der Waals surface area contributed by atoms with Crippen molar-refractivity contribution in [3.8, 4) is 5.69 Å². The Morgan fingerprint density at radius 3 is 2.72 bits per heavy atom. The third kappa shape index (κ3) is 4.86. The highest BCUT2D eigenvalue weighted by Crippen LogP contribution is 2.22. The molecule has 1 unspecified atom stereocenters. The van der Waals surface area contributed by atoms with E-state index < -0.39 is 5.60 Å². The van der Waals surface area contributed by atoms with Gasteiger partial charge < -0.3 is 9.30 Å². The van der Waals surface area contributed by atoms with Gasteiger partial charge in [0.1, 0.15) is 11.6 Å². The maximum Gasteiger partial charge on any atom is 0.324 e. The molecule has 1 saturated heterocycles. The van der Waals surface area contributed by atoms with E-state index >= 15 is 0 Å². The lowest BCUT2D eigenvalue weighted by Crippen LogP contribution is -2.49. The molecule has 0 bridgehead atoms. The summed E-state index contributed by atoms with van der Waals surface area (Å²) in [4.78, 5) is 18.8. The molecule has 0 amide bonds. The molecule has 0 N–H and O–H groups in total. The van der Waals surface area contributed by atoms with Gasteiger partial charge in [-0.15, -0.1) is 0 Å². The number of esters is 1. The van der Waals surface area contributed by atoms with Gasteiger partial charge in [0.25, 0.3) is 0 Å². The Hall–Kier alpha value is -1.79. The molecule has 134 valence electrons. The van der Waals surface area contributed by atoms with E-state index in [1.54, 1.807) is 12.5 Å². The van der Waals surface area contributed by atoms with E-state index in [2.05, 4.69) is 34.1 Å². The van der Waals surface area contributed by atoms with E-state index in [0.717, 1.165) is 30.3 Å². The number of benzene rings is 1. The van der Waals surface area contributed by atoms with Crippen LogP contribution in [0.25, 0.3) is 5.69 Å². The molecular weight excluding hydrogens is 334 g/mol. The zero-order valence-electron chi connectivity index (χ0n) is 15.0. The van der Waals surface area contributed by atoms with E-state index in [4.69, 9.17) is 4.74 Å². The molecule has 1 aliphatic heterocycles. The Balaban J connectivity index is 1.68. The molecule has 1 fully saturated rings. The minimum atomic E-state index is -0.447. The fraction of sp³-hybridized carbons (Fsp3) is 0.474. The van der Waals surface area contributed by atoms with Gasteiger partial charge in [-0.1, -0.05) is 12.1 Å². The highest BCUT2D eigenvalue weighted by atomic mass is 32.2. The number of ether oxygens (including phenoxy) is 1. The van der Waals surface area contributed by atoms with Gasteiger partial charge in [0.15, 0.2) is 0 Å². The molecule has 5 nitrogen and oxygen atoms in total. The van der Waals surface area contributed by atoms with Crippen LogP contribution in [-0.2, 0) is 16.1 Å². The molecule has 0 saturated carbocycles. The number of carbonyl (C=O) groups excluding carboxylic acids is 1. The van der Waals surface area contributed by atoms with Crippen molar-refractivity contribution >= 4 is 17.7 Å². The van der Waals surface area contributed by atoms with Gasteiger partial charge in [-0.05, 0) is 38.5 Å². The summed E-state index contributed by atoms with van der Waals surface area (Å²) in [5.74, 6) is 1.73. The smallest absolute Gasteiger partial charge is 0.324 e. The fourth-order valence-corrected chi connectivity index (χ4v) is 3.93. The predicted molar refractivity (Wildman–Crippen MR) is 101 cm³/mol. The molecule has 0 aliphatic carbocycles. The Morgan fingerprint density at radius 1 is 1.32 bits per heavy atom. The number of aromatic nitrogens is 2. The van der Waals surface area contributed by atoms with Crippen molar-refractivity contribution in [3.05, 3.63) is 48.5 Å². The molecular formula is C19H25N3O2S. The van der Waals surface area contributed by atoms with Gasteiger partial charge in [0, 0.05) is 42.7 Å². The highest BCUT2D eigenvalue weighted by molar-refractivity contribution is 7.99. The SMILES string of the molecule is CC(C)(C)OC(=O)C1CSCCN1Cc1ccc(-n2ccnc2)cc1. The van der Waals surface area contributed by atoms with Crippen molar-refractivity contribution in [2.75, 3.05) is 18.1 Å². The van der Waals surface area contributed by atoms with Crippen molar-refractivity contribution in [2.24, 2.45) is 0 Å². The number of hydrogen-bond donors (Lipinski definition) is 0. The molecule has 1 aliphatic rings. The Bertz CT molecular complexity index is 692. The summed E-state index contributed by atoms with van der Waals surface area (Å²) >= 11 is 1.82. The number of imidazole rings is 1. The number of nitrogens with zero attached hydrogens (tertiary/aromatic N) is 3. The average molecular weight is 359 g/mol. The zero-order chi connectivity index (χ0) is 17.9. The van der Waals surface area contributed by atoms with Crippen LogP contribution >= 0.6 is 11.8 Å². The van der Waals surface area contributed by atoms with Gasteiger partial charge >= 0.3 is 5.97 Å². The molecule has 2 heterocycles. The topological polar surface area (TPSA) is 47.4 Å². The van der Waals surface area contributed by atoms with Crippen LogP contribution in [0.3, 0.4) is 0 Å². The molecule has 6 heteroatoms. The Labute approximate surface area is 153 Å². The summed E-state index contributed by atoms with van der Waals surface area (Å²) in [7, 11) is 0. The fourth-order valence-electron chi connectivity index (χ4n) is 2.83. The van der Waals surface area contributed by atoms with Gasteiger partial charge in [-0.25, -0.2) is 4.98 Å². The molecule has 1 aromatic heterocycles. The van der Waals surface area contributed by atoms with E-state index in [1.165, 1.54) is 5.56 Å². The summed E-state index contributed by atoms with van der Waals surface area (Å²) in [6, 6.07) is 8.22. The zero-order valence-corrected chi connectivity index (χ0v) is 15.8. The normalized spacial score (nSPS) is 18.9. The van der Waals surface area contributed by atoms with E-state index in [9.17, 15) is 4.79 Å². The van der Waals surface area contributed by atoms with Crippen molar-refractivity contribution in [2.45, 2.75) is 39.0 Å². The first-order chi connectivity index (χ1) is 11.9. The molecule has 1 aromatic carbocycles. The lowest BCUT2D eigenvalue weighted by atomic mass is 10.1. The summed E-state index contributed by atoms with van der Waals surface area (Å²) in [5, 5.41) is 0. The maximum atomic E-state index is 12.5. The lowest BCUT2D eigenvalue weighted by molar-refractivity contribution is -0.160. The van der Waals surface area contributed by atoms with Gasteiger partial charge in [0.05, 0.1) is 6.33 Å². The van der Waals surface area contributed by atoms with Gasteiger partial charge in [0.2, 0.25) is 0 Å². The van der Waals surface area contributed by atoms with Crippen molar-refractivity contribution in [1.29, 1.82) is 0 Å². The first-order valence-electron chi connectivity index (χ1n) is 8.54. The quantitative estimate of drug-likeness (QED) is 0.785. The van der Waals surface area contributed by atoms with Crippen molar-refractivity contribution in [1.82, 2.24) is 14.5 Å². The first-order valence-corrected chi connectivity index (χ1v) is 9.70. The average Bonchev–Trinajstić information content (AvgIpc) is 3.09. The Kier molecular flexibility index (Phi) is 5.49. The second-order valence-corrected chi connectivity index (χ2v) is 8.38. The van der Waals surface area contributed by atoms with Crippen LogP contribution in [0.5, 0.6) is 0 Å². The van der Waals surface area contributed by atoms with Crippen LogP contribution in [-0.4, -0.2) is 50.1 Å². The van der Waals surface area contributed by atoms with Gasteiger partial charge in [-0.3, -0.25) is 9.69 Å². The van der Waals surface area contributed by atoms with E-state index in [1.807, 2.05) is 43.3 Å². The number of carbonyl (C=O) groups is 1. The lowest BCUT2D eigenvalue weighted by Gasteiger charge is -2.35. The van der Waals surface area contributed by atoms with E-state index in [-0.39, 0.29) is 12.0 Å². The number of thioether (sulfide) groups is 1. The maximum absolute atomic E-state index is 12.5. The standard InChI is InChI=1S/C19H25N3O2S/c1-19(2,3)24-18(23)17-13-25-11-10-21(17)12-15-4-6-16(7-5-15)22-9-8-20-14-22/h4-9,14,17H,10-13H2,1-3H3. The van der Waals surface area contributed by atoms with Crippen LogP contribution in [0.4, 0.5) is 0 Å². The monoisotopic (exact) mass is 359 g/mol. The molecule has 3 rings (SSSR count). The molecule has 25 heavy (non-hydrogen) atoms. The largest absolute Gasteiger partial charge is 0.459 e. The van der Waals surface area contributed by atoms with Gasteiger partial charge in [-0.2, -0.15) is 11.8 Å². The first kappa shape index (κ1) is 18.0. The second kappa shape index (κ2) is 7.62. The third-order valence-corrected chi connectivity index (χ3v) is 5.07. The van der Waals surface area contributed by atoms with Crippen LogP contribution in [0.1, 0.15) is 26.3 Å².